The molecule has 0 fully saturated rings. The Morgan fingerprint density at radius 2 is 1.57 bits per heavy atom. The van der Waals surface area contributed by atoms with E-state index in [9.17, 15) is 19.3 Å². The smallest absolute Gasteiger partial charge is 0.269 e. The average molecular weight is 554 g/mol. The van der Waals surface area contributed by atoms with E-state index >= 15 is 0 Å². The van der Waals surface area contributed by atoms with E-state index in [1.165, 1.54) is 42.1 Å². The Morgan fingerprint density at radius 1 is 0.900 bits per heavy atom. The lowest BCUT2D eigenvalue weighted by molar-refractivity contribution is -0.384. The molecule has 1 atom stereocenters. The number of non-ortho nitro benzene ring substituents is 1. The first-order valence-corrected chi connectivity index (χ1v) is 13.4. The van der Waals surface area contributed by atoms with Crippen LogP contribution in [0.1, 0.15) is 33.4 Å². The van der Waals surface area contributed by atoms with Gasteiger partial charge < -0.3 is 5.32 Å². The average Bonchev–Trinajstić information content (AvgIpc) is 3.41. The number of aromatic nitrogens is 3. The second kappa shape index (κ2) is 12.4. The molecule has 8 nitrogen and oxygen atoms in total. The van der Waals surface area contributed by atoms with Crippen molar-refractivity contribution in [3.8, 4) is 5.69 Å². The minimum absolute atomic E-state index is 0.0443. The number of thioether (sulfide) groups is 1. The molecule has 0 bridgehead atoms. The standard InChI is InChI=1S/C30H24FN5O3S/c31-24-13-7-12-23(19-24)29(37)32-27(18-21-8-3-1-4-9-21)28-33-34-30(40-20-22-10-5-2-6-11-22)35(28)25-14-16-26(17-15-25)36(38)39/h1-17,19,27H,18,20H2,(H,32,37). The maximum absolute atomic E-state index is 13.9. The highest BCUT2D eigenvalue weighted by Gasteiger charge is 2.26. The second-order valence-corrected chi connectivity index (χ2v) is 9.89. The maximum Gasteiger partial charge on any atom is 0.269 e. The molecule has 0 spiro atoms. The molecule has 1 aromatic heterocycles. The Labute approximate surface area is 234 Å². The topological polar surface area (TPSA) is 103 Å². The number of nitro groups is 1. The van der Waals surface area contributed by atoms with E-state index in [0.717, 1.165) is 11.1 Å². The molecular weight excluding hydrogens is 529 g/mol. The third kappa shape index (κ3) is 6.41. The molecule has 0 radical (unpaired) electrons. The monoisotopic (exact) mass is 553 g/mol. The number of hydrogen-bond acceptors (Lipinski definition) is 6. The number of halogens is 1. The van der Waals surface area contributed by atoms with Crippen LogP contribution in [-0.2, 0) is 12.2 Å². The zero-order valence-electron chi connectivity index (χ0n) is 21.2. The van der Waals surface area contributed by atoms with Crippen LogP contribution in [0.5, 0.6) is 0 Å². The van der Waals surface area contributed by atoms with Gasteiger partial charge in [-0.1, -0.05) is 78.5 Å². The molecule has 0 aliphatic rings. The molecular formula is C30H24FN5O3S. The first-order chi connectivity index (χ1) is 19.5. The highest BCUT2D eigenvalue weighted by molar-refractivity contribution is 7.98. The van der Waals surface area contributed by atoms with Crippen LogP contribution in [0.2, 0.25) is 0 Å². The first kappa shape index (κ1) is 26.8. The molecule has 0 saturated carbocycles. The van der Waals surface area contributed by atoms with Crippen molar-refractivity contribution in [2.45, 2.75) is 23.4 Å². The zero-order chi connectivity index (χ0) is 27.9. The van der Waals surface area contributed by atoms with Crippen LogP contribution >= 0.6 is 11.8 Å². The van der Waals surface area contributed by atoms with Crippen molar-refractivity contribution in [3.63, 3.8) is 0 Å². The lowest BCUT2D eigenvalue weighted by atomic mass is 10.0. The van der Waals surface area contributed by atoms with Crippen LogP contribution in [-0.4, -0.2) is 25.6 Å². The van der Waals surface area contributed by atoms with E-state index in [2.05, 4.69) is 15.5 Å². The molecule has 1 amide bonds. The fourth-order valence-electron chi connectivity index (χ4n) is 4.22. The molecule has 10 heteroatoms. The van der Waals surface area contributed by atoms with E-state index < -0.39 is 22.7 Å². The highest BCUT2D eigenvalue weighted by Crippen LogP contribution is 2.30. The number of carbonyl (C=O) groups is 1. The van der Waals surface area contributed by atoms with Crippen LogP contribution in [0.3, 0.4) is 0 Å². The van der Waals surface area contributed by atoms with Gasteiger partial charge in [0.05, 0.1) is 11.0 Å². The van der Waals surface area contributed by atoms with Gasteiger partial charge in [0.1, 0.15) is 5.82 Å². The van der Waals surface area contributed by atoms with Gasteiger partial charge in [0.15, 0.2) is 11.0 Å². The molecule has 4 aromatic carbocycles. The predicted octanol–water partition coefficient (Wildman–Crippen LogP) is 6.32. The molecule has 1 unspecified atom stereocenters. The van der Waals surface area contributed by atoms with Crippen molar-refractivity contribution in [2.75, 3.05) is 0 Å². The summed E-state index contributed by atoms with van der Waals surface area (Å²) in [5, 5.41) is 23.8. The Balaban J connectivity index is 1.56. The van der Waals surface area contributed by atoms with Crippen LogP contribution in [0.25, 0.3) is 5.69 Å². The predicted molar refractivity (Wildman–Crippen MR) is 151 cm³/mol. The molecule has 1 N–H and O–H groups in total. The largest absolute Gasteiger partial charge is 0.342 e. The number of rotatable bonds is 10. The van der Waals surface area contributed by atoms with Gasteiger partial charge in [0.2, 0.25) is 0 Å². The Bertz CT molecular complexity index is 1610. The number of nitrogens with one attached hydrogen (secondary N) is 1. The first-order valence-electron chi connectivity index (χ1n) is 12.4. The molecule has 1 heterocycles. The summed E-state index contributed by atoms with van der Waals surface area (Å²) in [6.45, 7) is 0. The Kier molecular flexibility index (Phi) is 8.26. The van der Waals surface area contributed by atoms with Crippen molar-refractivity contribution in [1.29, 1.82) is 0 Å². The third-order valence-electron chi connectivity index (χ3n) is 6.17. The molecule has 5 aromatic rings. The van der Waals surface area contributed by atoms with Crippen LogP contribution in [0.4, 0.5) is 10.1 Å². The summed E-state index contributed by atoms with van der Waals surface area (Å²) in [6, 6.07) is 30.4. The van der Waals surface area contributed by atoms with Crippen molar-refractivity contribution >= 4 is 23.4 Å². The molecule has 0 aliphatic heterocycles. The van der Waals surface area contributed by atoms with Crippen molar-refractivity contribution in [1.82, 2.24) is 20.1 Å². The number of nitrogens with zero attached hydrogens (tertiary/aromatic N) is 4. The zero-order valence-corrected chi connectivity index (χ0v) is 22.0. The minimum atomic E-state index is -0.646. The van der Waals surface area contributed by atoms with Gasteiger partial charge in [-0.25, -0.2) is 4.39 Å². The SMILES string of the molecule is O=C(NC(Cc1ccccc1)c1nnc(SCc2ccccc2)n1-c1ccc([N+](=O)[O-])cc1)c1cccc(F)c1. The maximum atomic E-state index is 13.9. The summed E-state index contributed by atoms with van der Waals surface area (Å²) in [4.78, 5) is 24.1. The van der Waals surface area contributed by atoms with Gasteiger partial charge in [-0.3, -0.25) is 19.5 Å². The molecule has 5 rings (SSSR count). The lowest BCUT2D eigenvalue weighted by Crippen LogP contribution is -2.32. The van der Waals surface area contributed by atoms with Crippen molar-refractivity contribution < 1.29 is 14.1 Å². The summed E-state index contributed by atoms with van der Waals surface area (Å²) < 4.78 is 15.7. The minimum Gasteiger partial charge on any atom is -0.342 e. The quantitative estimate of drug-likeness (QED) is 0.123. The van der Waals surface area contributed by atoms with Crippen LogP contribution in [0.15, 0.2) is 114 Å². The molecule has 200 valence electrons. The number of nitro benzene ring substituents is 1. The third-order valence-corrected chi connectivity index (χ3v) is 7.17. The van der Waals surface area contributed by atoms with E-state index in [4.69, 9.17) is 0 Å². The molecule has 0 saturated heterocycles. The normalized spacial score (nSPS) is 11.6. The van der Waals surface area contributed by atoms with Crippen molar-refractivity contribution in [3.05, 3.63) is 148 Å². The van der Waals surface area contributed by atoms with Gasteiger partial charge in [-0.15, -0.1) is 10.2 Å². The number of benzene rings is 4. The van der Waals surface area contributed by atoms with E-state index in [1.54, 1.807) is 22.8 Å². The fourth-order valence-corrected chi connectivity index (χ4v) is 5.13. The summed E-state index contributed by atoms with van der Waals surface area (Å²) in [7, 11) is 0. The summed E-state index contributed by atoms with van der Waals surface area (Å²) in [5.41, 5.74) is 2.78. The van der Waals surface area contributed by atoms with E-state index in [0.29, 0.717) is 28.8 Å². The van der Waals surface area contributed by atoms with Gasteiger partial charge in [-0.05, 0) is 47.9 Å². The highest BCUT2D eigenvalue weighted by atomic mass is 32.2. The number of amides is 1. The Morgan fingerprint density at radius 3 is 2.23 bits per heavy atom. The lowest BCUT2D eigenvalue weighted by Gasteiger charge is -2.20. The van der Waals surface area contributed by atoms with E-state index in [1.807, 2.05) is 60.7 Å². The van der Waals surface area contributed by atoms with E-state index in [-0.39, 0.29) is 11.3 Å². The Hall–Kier alpha value is -4.83. The van der Waals surface area contributed by atoms with Crippen LogP contribution < -0.4 is 5.32 Å². The second-order valence-electron chi connectivity index (χ2n) is 8.95. The van der Waals surface area contributed by atoms with Gasteiger partial charge in [0.25, 0.3) is 11.6 Å². The fraction of sp³-hybridized carbons (Fsp3) is 0.100. The molecule has 40 heavy (non-hydrogen) atoms. The summed E-state index contributed by atoms with van der Waals surface area (Å²) >= 11 is 1.46. The summed E-state index contributed by atoms with van der Waals surface area (Å²) in [5.74, 6) is 0.0846. The number of hydrogen-bond donors (Lipinski definition) is 1. The van der Waals surface area contributed by atoms with Crippen LogP contribution in [0, 0.1) is 15.9 Å². The van der Waals surface area contributed by atoms with Gasteiger partial charge in [-0.2, -0.15) is 0 Å². The van der Waals surface area contributed by atoms with Gasteiger partial charge in [0, 0.05) is 29.1 Å². The van der Waals surface area contributed by atoms with Gasteiger partial charge >= 0.3 is 0 Å². The summed E-state index contributed by atoms with van der Waals surface area (Å²) in [6.07, 6.45) is 0.385. The van der Waals surface area contributed by atoms with Crippen molar-refractivity contribution in [2.24, 2.45) is 0 Å². The number of carbonyl (C=O) groups excluding carboxylic acids is 1. The molecule has 0 aliphatic carbocycles.